The SMILES string of the molecule is Cc1cc(Cc2ccc(C)c(C(c3cc(C)c(C)cc3C)c3cc(C)c(C)cc3C)c2)c(C)c(Cc2ccc(C)c(C(c3cc(C)c(C)cc3C)c3cc(C)c(C)cc3C)c2)c1. The van der Waals surface area contributed by atoms with Crippen molar-refractivity contribution in [3.63, 3.8) is 0 Å². The van der Waals surface area contributed by atoms with E-state index in [0.717, 1.165) is 12.8 Å². The predicted molar refractivity (Wildman–Crippen MR) is 268 cm³/mol. The van der Waals surface area contributed by atoms with Gasteiger partial charge in [0.25, 0.3) is 0 Å². The topological polar surface area (TPSA) is 0 Å². The maximum Gasteiger partial charge on any atom is 0.0348 e. The molecule has 0 atom stereocenters. The van der Waals surface area contributed by atoms with Gasteiger partial charge < -0.3 is 0 Å². The molecule has 0 heteroatoms. The van der Waals surface area contributed by atoms with Gasteiger partial charge in [-0.3, -0.25) is 0 Å². The molecular formula is C62H70. The van der Waals surface area contributed by atoms with E-state index in [1.165, 1.54) is 145 Å². The first kappa shape index (κ1) is 44.6. The molecule has 0 aliphatic heterocycles. The van der Waals surface area contributed by atoms with Crippen molar-refractivity contribution in [3.8, 4) is 0 Å². The largest absolute Gasteiger partial charge is 0.0587 e. The number of benzene rings is 7. The lowest BCUT2D eigenvalue weighted by molar-refractivity contribution is 0.921. The van der Waals surface area contributed by atoms with Crippen LogP contribution in [0.15, 0.2) is 97.1 Å². The zero-order valence-corrected chi connectivity index (χ0v) is 40.8. The monoisotopic (exact) mass is 815 g/mol. The van der Waals surface area contributed by atoms with Crippen LogP contribution in [0.3, 0.4) is 0 Å². The Bertz CT molecular complexity index is 2550. The fourth-order valence-corrected chi connectivity index (χ4v) is 10.2. The van der Waals surface area contributed by atoms with E-state index in [2.05, 4.69) is 208 Å². The Balaban J connectivity index is 1.29. The molecule has 7 aromatic rings. The Hall–Kier alpha value is -5.46. The summed E-state index contributed by atoms with van der Waals surface area (Å²) in [5.41, 5.74) is 35.7. The number of rotatable bonds is 10. The molecule has 0 unspecified atom stereocenters. The molecule has 0 aromatic heterocycles. The van der Waals surface area contributed by atoms with Crippen molar-refractivity contribution in [1.29, 1.82) is 0 Å². The van der Waals surface area contributed by atoms with E-state index >= 15 is 0 Å². The van der Waals surface area contributed by atoms with Crippen molar-refractivity contribution in [2.24, 2.45) is 0 Å². The highest BCUT2D eigenvalue weighted by atomic mass is 14.3. The van der Waals surface area contributed by atoms with Gasteiger partial charge in [-0.2, -0.15) is 0 Å². The van der Waals surface area contributed by atoms with Crippen molar-refractivity contribution < 1.29 is 0 Å². The second kappa shape index (κ2) is 17.7. The second-order valence-electron chi connectivity index (χ2n) is 19.5. The van der Waals surface area contributed by atoms with Gasteiger partial charge in [0, 0.05) is 11.8 Å². The molecular weight excluding hydrogens is 745 g/mol. The molecule has 0 N–H and O–H groups in total. The van der Waals surface area contributed by atoms with Crippen LogP contribution in [0.1, 0.15) is 156 Å². The van der Waals surface area contributed by atoms with E-state index in [9.17, 15) is 0 Å². The van der Waals surface area contributed by atoms with Gasteiger partial charge in [-0.05, 0) is 263 Å². The van der Waals surface area contributed by atoms with Crippen LogP contribution in [-0.4, -0.2) is 0 Å². The molecule has 0 radical (unpaired) electrons. The van der Waals surface area contributed by atoms with E-state index in [1.54, 1.807) is 0 Å². The summed E-state index contributed by atoms with van der Waals surface area (Å²) >= 11 is 0. The molecule has 0 bridgehead atoms. The summed E-state index contributed by atoms with van der Waals surface area (Å²) in [5, 5.41) is 0. The molecule has 0 saturated heterocycles. The van der Waals surface area contributed by atoms with Gasteiger partial charge in [0.2, 0.25) is 0 Å². The first-order chi connectivity index (χ1) is 29.3. The van der Waals surface area contributed by atoms with Crippen molar-refractivity contribution in [2.75, 3.05) is 0 Å². The molecule has 7 rings (SSSR count). The van der Waals surface area contributed by atoms with E-state index < -0.39 is 0 Å². The van der Waals surface area contributed by atoms with Gasteiger partial charge in [0.05, 0.1) is 0 Å². The molecule has 0 aliphatic carbocycles. The Kier molecular flexibility index (Phi) is 12.7. The van der Waals surface area contributed by atoms with Crippen LogP contribution in [0.25, 0.3) is 0 Å². The van der Waals surface area contributed by atoms with Crippen LogP contribution < -0.4 is 0 Å². The Morgan fingerprint density at radius 3 is 0.806 bits per heavy atom. The van der Waals surface area contributed by atoms with Crippen molar-refractivity contribution in [1.82, 2.24) is 0 Å². The summed E-state index contributed by atoms with van der Waals surface area (Å²) < 4.78 is 0. The van der Waals surface area contributed by atoms with Crippen LogP contribution in [0, 0.1) is 111 Å². The summed E-state index contributed by atoms with van der Waals surface area (Å²) in [6, 6.07) is 38.8. The number of hydrogen-bond donors (Lipinski definition) is 0. The quantitative estimate of drug-likeness (QED) is 0.121. The third-order valence-corrected chi connectivity index (χ3v) is 14.6. The van der Waals surface area contributed by atoms with Gasteiger partial charge >= 0.3 is 0 Å². The van der Waals surface area contributed by atoms with Gasteiger partial charge in [0.15, 0.2) is 0 Å². The van der Waals surface area contributed by atoms with Gasteiger partial charge in [-0.25, -0.2) is 0 Å². The normalized spacial score (nSPS) is 11.6. The van der Waals surface area contributed by atoms with Crippen LogP contribution in [-0.2, 0) is 12.8 Å². The third-order valence-electron chi connectivity index (χ3n) is 14.6. The van der Waals surface area contributed by atoms with E-state index in [1.807, 2.05) is 0 Å². The first-order valence-electron chi connectivity index (χ1n) is 22.9. The van der Waals surface area contributed by atoms with Crippen LogP contribution in [0.5, 0.6) is 0 Å². The maximum atomic E-state index is 2.53. The molecule has 0 saturated carbocycles. The van der Waals surface area contributed by atoms with Crippen LogP contribution >= 0.6 is 0 Å². The predicted octanol–water partition coefficient (Wildman–Crippen LogP) is 16.2. The fraction of sp³-hybridized carbons (Fsp3) is 0.323. The van der Waals surface area contributed by atoms with E-state index in [4.69, 9.17) is 0 Å². The third kappa shape index (κ3) is 8.90. The molecule has 0 fully saturated rings. The average Bonchev–Trinajstić information content (AvgIpc) is 3.20. The molecule has 7 aromatic carbocycles. The average molecular weight is 815 g/mol. The summed E-state index contributed by atoms with van der Waals surface area (Å²) in [7, 11) is 0. The highest BCUT2D eigenvalue weighted by molar-refractivity contribution is 5.57. The van der Waals surface area contributed by atoms with Crippen LogP contribution in [0.4, 0.5) is 0 Å². The second-order valence-corrected chi connectivity index (χ2v) is 19.5. The maximum absolute atomic E-state index is 2.53. The zero-order chi connectivity index (χ0) is 44.9. The highest BCUT2D eigenvalue weighted by Crippen LogP contribution is 2.42. The fourth-order valence-electron chi connectivity index (χ4n) is 10.2. The molecule has 0 spiro atoms. The Morgan fingerprint density at radius 1 is 0.258 bits per heavy atom. The van der Waals surface area contributed by atoms with E-state index in [-0.39, 0.29) is 11.8 Å². The lowest BCUT2D eigenvalue weighted by atomic mass is 9.77. The minimum atomic E-state index is 0.155. The Labute approximate surface area is 375 Å². The minimum Gasteiger partial charge on any atom is -0.0587 e. The van der Waals surface area contributed by atoms with Crippen LogP contribution in [0.2, 0.25) is 0 Å². The molecule has 0 aliphatic rings. The Morgan fingerprint density at radius 2 is 0.516 bits per heavy atom. The molecule has 0 nitrogen and oxygen atoms in total. The lowest BCUT2D eigenvalue weighted by Crippen LogP contribution is -2.11. The molecule has 318 valence electrons. The van der Waals surface area contributed by atoms with Gasteiger partial charge in [0.1, 0.15) is 0 Å². The standard InChI is InChI=1S/C62H70/c1-35-21-53(31-51-19-17-36(2)59(33-51)61(55-27-42(8)38(4)23-46(55)12)56-28-43(9)39(5)24-47(56)13)50(16)54(22-35)32-52-20-18-37(3)60(34-52)62(57-29-44(10)40(6)25-48(57)14)58-30-45(11)41(7)26-49(58)15/h17-30,33-34,61-62H,31-32H2,1-16H3. The number of aryl methyl sites for hydroxylation is 15. The summed E-state index contributed by atoms with van der Waals surface area (Å²) in [6.07, 6.45) is 1.80. The summed E-state index contributed by atoms with van der Waals surface area (Å²) in [4.78, 5) is 0. The molecule has 62 heavy (non-hydrogen) atoms. The first-order valence-corrected chi connectivity index (χ1v) is 22.9. The minimum absolute atomic E-state index is 0.155. The van der Waals surface area contributed by atoms with E-state index in [0.29, 0.717) is 0 Å². The zero-order valence-electron chi connectivity index (χ0n) is 40.8. The van der Waals surface area contributed by atoms with Gasteiger partial charge in [-0.1, -0.05) is 103 Å². The highest BCUT2D eigenvalue weighted by Gasteiger charge is 2.26. The summed E-state index contributed by atoms with van der Waals surface area (Å²) in [5.74, 6) is 0.310. The molecule has 0 amide bonds. The molecule has 0 heterocycles. The van der Waals surface area contributed by atoms with Crippen molar-refractivity contribution in [2.45, 2.75) is 135 Å². The van der Waals surface area contributed by atoms with Crippen molar-refractivity contribution >= 4 is 0 Å². The lowest BCUT2D eigenvalue weighted by Gasteiger charge is -2.27. The van der Waals surface area contributed by atoms with Crippen molar-refractivity contribution in [3.05, 3.63) is 242 Å². The summed E-state index contributed by atoms with van der Waals surface area (Å²) in [6.45, 7) is 36.4. The van der Waals surface area contributed by atoms with Gasteiger partial charge in [-0.15, -0.1) is 0 Å². The number of hydrogen-bond acceptors (Lipinski definition) is 0. The smallest absolute Gasteiger partial charge is 0.0348 e.